The second-order valence-electron chi connectivity index (χ2n) is 12.4. The number of aryl methyl sites for hydroxylation is 1. The summed E-state index contributed by atoms with van der Waals surface area (Å²) in [4.78, 5) is 5.83. The molecule has 5 heteroatoms. The fraction of sp³-hybridized carbons (Fsp3) is 0.0435. The minimum atomic E-state index is 0.0539. The predicted molar refractivity (Wildman–Crippen MR) is 220 cm³/mol. The lowest BCUT2D eigenvalue weighted by molar-refractivity contribution is 1.07. The Morgan fingerprint density at radius 3 is 1.86 bits per heavy atom. The smallest absolute Gasteiger partial charge is 0.124 e. The molecule has 9 rings (SSSR count). The third-order valence-corrected chi connectivity index (χ3v) is 10.0. The van der Waals surface area contributed by atoms with Gasteiger partial charge in [-0.05, 0) is 87.1 Å². The number of benzene rings is 7. The highest BCUT2D eigenvalue weighted by atomic mass is 32.1. The van der Waals surface area contributed by atoms with Gasteiger partial charge >= 0.3 is 0 Å². The van der Waals surface area contributed by atoms with E-state index in [4.69, 9.17) is 21.9 Å². The van der Waals surface area contributed by atoms with Gasteiger partial charge in [0.05, 0.1) is 0 Å². The van der Waals surface area contributed by atoms with Crippen molar-refractivity contribution in [1.82, 2.24) is 4.98 Å². The van der Waals surface area contributed by atoms with Crippen molar-refractivity contribution in [2.45, 2.75) is 13.5 Å². The molecular formula is C46H38N4S. The van der Waals surface area contributed by atoms with E-state index in [0.29, 0.717) is 12.1 Å². The molecule has 0 spiro atoms. The minimum Gasteiger partial charge on any atom is -0.384 e. The Hall–Kier alpha value is -6.14. The zero-order chi connectivity index (χ0) is 35.2. The number of amidine groups is 1. The Morgan fingerprint density at radius 1 is 0.588 bits per heavy atom. The standard InChI is InChI=1S/C32H21N3S.C7H9N.C7H8/c33-31(34)22-14-20(23-17-29-27-11-5-6-12-30(27)36-32(29)35-18-23)13-21(15-22)28-16-19-7-1-2-8-24(19)25-9-3-4-10-26(25)28;8-6-7-4-2-1-3-5-7;1-7-5-3-2-4-6-7/h1-18H,(H3,33,34);1-5H,6,8H2;2-6H,1H3. The molecule has 0 radical (unpaired) electrons. The third-order valence-electron chi connectivity index (χ3n) is 8.91. The van der Waals surface area contributed by atoms with Crippen molar-refractivity contribution in [2.75, 3.05) is 0 Å². The molecule has 0 unspecified atom stereocenters. The zero-order valence-corrected chi connectivity index (χ0v) is 29.2. The fourth-order valence-corrected chi connectivity index (χ4v) is 7.34. The van der Waals surface area contributed by atoms with Gasteiger partial charge < -0.3 is 11.5 Å². The maximum atomic E-state index is 8.23. The van der Waals surface area contributed by atoms with Crippen molar-refractivity contribution in [2.24, 2.45) is 11.5 Å². The topological polar surface area (TPSA) is 88.8 Å². The highest BCUT2D eigenvalue weighted by Crippen LogP contribution is 2.39. The summed E-state index contributed by atoms with van der Waals surface area (Å²) in [5.41, 5.74) is 18.8. The Morgan fingerprint density at radius 2 is 1.20 bits per heavy atom. The molecule has 0 aliphatic rings. The van der Waals surface area contributed by atoms with Crippen LogP contribution < -0.4 is 11.5 Å². The molecule has 4 nitrogen and oxygen atoms in total. The molecule has 2 aromatic heterocycles. The molecule has 7 aromatic carbocycles. The third kappa shape index (κ3) is 7.41. The Balaban J connectivity index is 0.000000224. The van der Waals surface area contributed by atoms with Gasteiger partial charge in [-0.1, -0.05) is 133 Å². The lowest BCUT2D eigenvalue weighted by Crippen LogP contribution is -2.11. The van der Waals surface area contributed by atoms with E-state index in [9.17, 15) is 0 Å². The molecule has 0 atom stereocenters. The monoisotopic (exact) mass is 678 g/mol. The zero-order valence-electron chi connectivity index (χ0n) is 28.4. The Kier molecular flexibility index (Phi) is 9.93. The maximum Gasteiger partial charge on any atom is 0.124 e. The Bertz CT molecular complexity index is 2610. The highest BCUT2D eigenvalue weighted by molar-refractivity contribution is 7.25. The molecule has 0 aliphatic carbocycles. The molecule has 248 valence electrons. The predicted octanol–water partition coefficient (Wildman–Crippen LogP) is 11.5. The number of rotatable bonds is 4. The number of pyridine rings is 1. The summed E-state index contributed by atoms with van der Waals surface area (Å²) < 4.78 is 1.23. The number of hydrogen-bond donors (Lipinski definition) is 3. The van der Waals surface area contributed by atoms with Gasteiger partial charge in [-0.2, -0.15) is 0 Å². The molecule has 0 amide bonds. The van der Waals surface area contributed by atoms with Crippen molar-refractivity contribution in [3.63, 3.8) is 0 Å². The summed E-state index contributed by atoms with van der Waals surface area (Å²) in [7, 11) is 0. The van der Waals surface area contributed by atoms with Gasteiger partial charge in [-0.25, -0.2) is 4.98 Å². The van der Waals surface area contributed by atoms with Crippen molar-refractivity contribution in [1.29, 1.82) is 5.41 Å². The van der Waals surface area contributed by atoms with E-state index in [1.807, 2.05) is 66.9 Å². The van der Waals surface area contributed by atoms with Crippen LogP contribution in [0.15, 0.2) is 170 Å². The molecule has 0 saturated carbocycles. The molecular weight excluding hydrogens is 641 g/mol. The second-order valence-corrected chi connectivity index (χ2v) is 13.5. The first-order valence-electron chi connectivity index (χ1n) is 16.9. The van der Waals surface area contributed by atoms with Gasteiger partial charge in [0.1, 0.15) is 10.7 Å². The van der Waals surface area contributed by atoms with Crippen molar-refractivity contribution < 1.29 is 0 Å². The molecule has 0 bridgehead atoms. The van der Waals surface area contributed by atoms with Gasteiger partial charge in [0.15, 0.2) is 0 Å². The van der Waals surface area contributed by atoms with Gasteiger partial charge in [0.25, 0.3) is 0 Å². The first kappa shape index (κ1) is 33.4. The number of nitrogens with one attached hydrogen (secondary N) is 1. The second kappa shape index (κ2) is 15.2. The largest absolute Gasteiger partial charge is 0.384 e. The van der Waals surface area contributed by atoms with E-state index in [1.165, 1.54) is 42.8 Å². The Labute approximate surface area is 302 Å². The van der Waals surface area contributed by atoms with Crippen LogP contribution in [0.4, 0.5) is 0 Å². The van der Waals surface area contributed by atoms with Gasteiger partial charge in [0.2, 0.25) is 0 Å². The molecule has 2 heterocycles. The summed E-state index contributed by atoms with van der Waals surface area (Å²) in [6, 6.07) is 56.3. The van der Waals surface area contributed by atoms with E-state index in [1.54, 1.807) is 11.3 Å². The van der Waals surface area contributed by atoms with Gasteiger partial charge in [0, 0.05) is 39.3 Å². The highest BCUT2D eigenvalue weighted by Gasteiger charge is 2.14. The number of nitrogens with two attached hydrogens (primary N) is 2. The molecule has 0 aliphatic heterocycles. The first-order valence-corrected chi connectivity index (χ1v) is 17.7. The van der Waals surface area contributed by atoms with Crippen LogP contribution in [0, 0.1) is 12.3 Å². The first-order chi connectivity index (χ1) is 25.0. The molecule has 0 fully saturated rings. The van der Waals surface area contributed by atoms with Crippen molar-refractivity contribution in [3.05, 3.63) is 187 Å². The number of hydrogen-bond acceptors (Lipinski definition) is 4. The maximum absolute atomic E-state index is 8.23. The van der Waals surface area contributed by atoms with Gasteiger partial charge in [-0.15, -0.1) is 11.3 Å². The molecule has 5 N–H and O–H groups in total. The number of fused-ring (bicyclic) bond motifs is 6. The van der Waals surface area contributed by atoms with Crippen molar-refractivity contribution >= 4 is 59.0 Å². The van der Waals surface area contributed by atoms with E-state index in [-0.39, 0.29) is 5.84 Å². The van der Waals surface area contributed by atoms with Crippen LogP contribution in [0.3, 0.4) is 0 Å². The van der Waals surface area contributed by atoms with Gasteiger partial charge in [-0.3, -0.25) is 5.41 Å². The number of nitrogens with zero attached hydrogens (tertiary/aromatic N) is 1. The number of thiophene rings is 1. The molecule has 9 aromatic rings. The summed E-state index contributed by atoms with van der Waals surface area (Å²) in [5, 5.41) is 15.4. The molecule has 0 saturated heterocycles. The molecule has 51 heavy (non-hydrogen) atoms. The summed E-state index contributed by atoms with van der Waals surface area (Å²) in [6.45, 7) is 2.72. The van der Waals surface area contributed by atoms with Crippen LogP contribution in [0.25, 0.3) is 64.1 Å². The van der Waals surface area contributed by atoms with Crippen LogP contribution in [-0.4, -0.2) is 10.8 Å². The van der Waals surface area contributed by atoms with Crippen LogP contribution in [0.5, 0.6) is 0 Å². The van der Waals surface area contributed by atoms with Crippen LogP contribution >= 0.6 is 11.3 Å². The SMILES string of the molecule is Cc1ccccc1.N=C(N)c1cc(-c2cnc3sc4ccccc4c3c2)cc(-c2cc3ccccc3c3ccccc23)c1.NCc1ccccc1. The van der Waals surface area contributed by atoms with E-state index in [0.717, 1.165) is 32.5 Å². The van der Waals surface area contributed by atoms with Crippen molar-refractivity contribution in [3.8, 4) is 22.3 Å². The lowest BCUT2D eigenvalue weighted by atomic mass is 9.90. The fourth-order valence-electron chi connectivity index (χ4n) is 6.31. The number of aromatic nitrogens is 1. The normalized spacial score (nSPS) is 10.8. The van der Waals surface area contributed by atoms with E-state index >= 15 is 0 Å². The quantitative estimate of drug-likeness (QED) is 0.0983. The average Bonchev–Trinajstić information content (AvgIpc) is 3.56. The average molecular weight is 679 g/mol. The number of nitrogen functional groups attached to an aromatic ring is 1. The van der Waals surface area contributed by atoms with Crippen LogP contribution in [-0.2, 0) is 6.54 Å². The van der Waals surface area contributed by atoms with Crippen LogP contribution in [0.2, 0.25) is 0 Å². The summed E-state index contributed by atoms with van der Waals surface area (Å²) in [5.74, 6) is 0.0539. The minimum absolute atomic E-state index is 0.0539. The van der Waals surface area contributed by atoms with E-state index < -0.39 is 0 Å². The lowest BCUT2D eigenvalue weighted by Gasteiger charge is -2.14. The summed E-state index contributed by atoms with van der Waals surface area (Å²) >= 11 is 1.71. The van der Waals surface area contributed by atoms with Crippen LogP contribution in [0.1, 0.15) is 16.7 Å². The summed E-state index contributed by atoms with van der Waals surface area (Å²) in [6.07, 6.45) is 1.93. The van der Waals surface area contributed by atoms with E-state index in [2.05, 4.69) is 110 Å².